The summed E-state index contributed by atoms with van der Waals surface area (Å²) in [5.41, 5.74) is 0. The van der Waals surface area contributed by atoms with Crippen molar-refractivity contribution in [3.63, 3.8) is 0 Å². The van der Waals surface area contributed by atoms with Crippen LogP contribution in [-0.4, -0.2) is 31.1 Å². The van der Waals surface area contributed by atoms with E-state index in [4.69, 9.17) is 0 Å². The van der Waals surface area contributed by atoms with Crippen molar-refractivity contribution in [1.82, 2.24) is 10.2 Å². The minimum atomic E-state index is 1.13. The fourth-order valence-electron chi connectivity index (χ4n) is 1.04. The van der Waals surface area contributed by atoms with E-state index in [-0.39, 0.29) is 0 Å². The third-order valence-corrected chi connectivity index (χ3v) is 1.51. The average Bonchev–Trinajstić information content (AvgIpc) is 1.91. The normalized spacial score (nSPS) is 21.2. The van der Waals surface area contributed by atoms with Crippen molar-refractivity contribution in [1.29, 1.82) is 0 Å². The van der Waals surface area contributed by atoms with E-state index >= 15 is 0 Å². The molecule has 2 nitrogen and oxygen atoms in total. The van der Waals surface area contributed by atoms with Gasteiger partial charge in [-0.15, -0.1) is 0 Å². The lowest BCUT2D eigenvalue weighted by Crippen LogP contribution is -2.40. The first-order valence-corrected chi connectivity index (χ1v) is 3.51. The van der Waals surface area contributed by atoms with E-state index in [1.165, 1.54) is 0 Å². The molecule has 1 N–H and O–H groups in total. The third-order valence-electron chi connectivity index (χ3n) is 1.51. The first-order chi connectivity index (χ1) is 4.43. The van der Waals surface area contributed by atoms with Crippen LogP contribution >= 0.6 is 0 Å². The Morgan fingerprint density at radius 2 is 2.00 bits per heavy atom. The largest absolute Gasteiger partial charge is 0.375 e. The molecule has 0 saturated carbocycles. The Morgan fingerprint density at radius 1 is 1.33 bits per heavy atom. The van der Waals surface area contributed by atoms with E-state index < -0.39 is 0 Å². The Morgan fingerprint density at radius 3 is 2.56 bits per heavy atom. The highest BCUT2D eigenvalue weighted by atomic mass is 15.2. The van der Waals surface area contributed by atoms with Crippen LogP contribution in [0.3, 0.4) is 0 Å². The van der Waals surface area contributed by atoms with Gasteiger partial charge < -0.3 is 10.2 Å². The lowest BCUT2D eigenvalue weighted by Gasteiger charge is -2.25. The topological polar surface area (TPSA) is 15.3 Å². The molecule has 0 amide bonds. The molecule has 0 unspecified atom stereocenters. The molecule has 0 spiro atoms. The molecule has 1 saturated heterocycles. The lowest BCUT2D eigenvalue weighted by molar-refractivity contribution is 0.324. The van der Waals surface area contributed by atoms with Crippen LogP contribution < -0.4 is 5.32 Å². The van der Waals surface area contributed by atoms with Gasteiger partial charge in [0.05, 0.1) is 0 Å². The molecule has 1 rings (SSSR count). The molecule has 1 fully saturated rings. The van der Waals surface area contributed by atoms with Crippen LogP contribution in [0.25, 0.3) is 0 Å². The molecule has 0 aliphatic carbocycles. The second-order valence-electron chi connectivity index (χ2n) is 2.27. The van der Waals surface area contributed by atoms with Crippen molar-refractivity contribution in [2.24, 2.45) is 0 Å². The highest BCUT2D eigenvalue weighted by Gasteiger charge is 2.02. The van der Waals surface area contributed by atoms with Crippen molar-refractivity contribution in [3.05, 3.63) is 12.3 Å². The van der Waals surface area contributed by atoms with Crippen molar-refractivity contribution < 1.29 is 0 Å². The molecule has 1 aliphatic heterocycles. The zero-order valence-electron chi connectivity index (χ0n) is 5.93. The van der Waals surface area contributed by atoms with Gasteiger partial charge in [0, 0.05) is 26.2 Å². The summed E-state index contributed by atoms with van der Waals surface area (Å²) in [6, 6.07) is 0. The molecule has 0 radical (unpaired) electrons. The van der Waals surface area contributed by atoms with Crippen molar-refractivity contribution >= 4 is 0 Å². The predicted molar refractivity (Wildman–Crippen MR) is 39.3 cm³/mol. The smallest absolute Gasteiger partial charge is 0.0298 e. The number of hydrogen-bond donors (Lipinski definition) is 1. The summed E-state index contributed by atoms with van der Waals surface area (Å²) in [6.07, 6.45) is 4.24. The first kappa shape index (κ1) is 6.62. The van der Waals surface area contributed by atoms with E-state index in [0.29, 0.717) is 0 Å². The maximum Gasteiger partial charge on any atom is 0.0298 e. The number of piperazine rings is 1. The van der Waals surface area contributed by atoms with Crippen LogP contribution in [0.15, 0.2) is 12.3 Å². The minimum Gasteiger partial charge on any atom is -0.375 e. The molecule has 0 aromatic rings. The third kappa shape index (κ3) is 2.06. The summed E-state index contributed by atoms with van der Waals surface area (Å²) < 4.78 is 0. The summed E-state index contributed by atoms with van der Waals surface area (Å²) >= 11 is 0. The molecule has 1 heterocycles. The molecule has 0 bridgehead atoms. The molecule has 0 atom stereocenters. The van der Waals surface area contributed by atoms with Crippen LogP contribution in [0.4, 0.5) is 0 Å². The highest BCUT2D eigenvalue weighted by Crippen LogP contribution is 1.91. The monoisotopic (exact) mass is 126 g/mol. The summed E-state index contributed by atoms with van der Waals surface area (Å²) in [5, 5.41) is 3.30. The van der Waals surface area contributed by atoms with E-state index in [2.05, 4.69) is 29.4 Å². The number of hydrogen-bond acceptors (Lipinski definition) is 2. The maximum atomic E-state index is 3.30. The van der Waals surface area contributed by atoms with E-state index in [0.717, 1.165) is 26.2 Å². The Balaban J connectivity index is 2.23. The van der Waals surface area contributed by atoms with Gasteiger partial charge in [0.1, 0.15) is 0 Å². The minimum absolute atomic E-state index is 1.13. The Hall–Kier alpha value is -0.500. The van der Waals surface area contributed by atoms with Gasteiger partial charge >= 0.3 is 0 Å². The van der Waals surface area contributed by atoms with Crippen LogP contribution in [0.2, 0.25) is 0 Å². The average molecular weight is 126 g/mol. The molecule has 2 heteroatoms. The van der Waals surface area contributed by atoms with E-state index in [9.17, 15) is 0 Å². The van der Waals surface area contributed by atoms with E-state index in [1.807, 2.05) is 0 Å². The van der Waals surface area contributed by atoms with E-state index in [1.54, 1.807) is 0 Å². The lowest BCUT2D eigenvalue weighted by atomic mass is 10.4. The van der Waals surface area contributed by atoms with Crippen LogP contribution in [0.5, 0.6) is 0 Å². The molecular formula is C7H14N2. The van der Waals surface area contributed by atoms with Gasteiger partial charge in [-0.2, -0.15) is 0 Å². The predicted octanol–water partition coefficient (Wildman–Crippen LogP) is 0.425. The summed E-state index contributed by atoms with van der Waals surface area (Å²) in [6.45, 7) is 6.63. The SMILES string of the molecule is CC=CN1CCNCC1. The Bertz CT molecular complexity index is 93.1. The molecule has 1 aliphatic rings. The Labute approximate surface area is 56.5 Å². The zero-order chi connectivity index (χ0) is 6.53. The molecular weight excluding hydrogens is 112 g/mol. The van der Waals surface area contributed by atoms with Crippen molar-refractivity contribution in [3.8, 4) is 0 Å². The quantitative estimate of drug-likeness (QED) is 0.548. The van der Waals surface area contributed by atoms with Gasteiger partial charge in [-0.25, -0.2) is 0 Å². The van der Waals surface area contributed by atoms with Crippen LogP contribution in [0.1, 0.15) is 6.92 Å². The van der Waals surface area contributed by atoms with Gasteiger partial charge in [-0.1, -0.05) is 6.08 Å². The fraction of sp³-hybridized carbons (Fsp3) is 0.714. The maximum absolute atomic E-state index is 3.30. The van der Waals surface area contributed by atoms with Gasteiger partial charge in [-0.05, 0) is 13.1 Å². The fourth-order valence-corrected chi connectivity index (χ4v) is 1.04. The Kier molecular flexibility index (Phi) is 2.58. The first-order valence-electron chi connectivity index (χ1n) is 3.51. The summed E-state index contributed by atoms with van der Waals surface area (Å²) in [7, 11) is 0. The van der Waals surface area contributed by atoms with Gasteiger partial charge in [0.2, 0.25) is 0 Å². The van der Waals surface area contributed by atoms with Crippen LogP contribution in [-0.2, 0) is 0 Å². The van der Waals surface area contributed by atoms with Crippen LogP contribution in [0, 0.1) is 0 Å². The molecule has 0 aromatic carbocycles. The standard InChI is InChI=1S/C7H14N2/c1-2-5-9-6-3-8-4-7-9/h2,5,8H,3-4,6-7H2,1H3. The second-order valence-corrected chi connectivity index (χ2v) is 2.27. The number of nitrogens with zero attached hydrogens (tertiary/aromatic N) is 1. The van der Waals surface area contributed by atoms with Crippen molar-refractivity contribution in [2.75, 3.05) is 26.2 Å². The van der Waals surface area contributed by atoms with Gasteiger partial charge in [-0.3, -0.25) is 0 Å². The van der Waals surface area contributed by atoms with Gasteiger partial charge in [0.25, 0.3) is 0 Å². The number of allylic oxidation sites excluding steroid dienone is 1. The molecule has 52 valence electrons. The van der Waals surface area contributed by atoms with Crippen molar-refractivity contribution in [2.45, 2.75) is 6.92 Å². The summed E-state index contributed by atoms with van der Waals surface area (Å²) in [5.74, 6) is 0. The highest BCUT2D eigenvalue weighted by molar-refractivity contribution is 4.81. The zero-order valence-corrected chi connectivity index (χ0v) is 5.93. The molecule has 9 heavy (non-hydrogen) atoms. The summed E-state index contributed by atoms with van der Waals surface area (Å²) in [4.78, 5) is 2.33. The second kappa shape index (κ2) is 3.51. The molecule has 0 aromatic heterocycles. The number of nitrogens with one attached hydrogen (secondary N) is 1. The number of rotatable bonds is 1. The van der Waals surface area contributed by atoms with Gasteiger partial charge in [0.15, 0.2) is 0 Å².